The second-order valence-corrected chi connectivity index (χ2v) is 2.86. The molecule has 3 N–H and O–H groups in total. The number of nitrogens with two attached hydrogens (primary N) is 1. The van der Waals surface area contributed by atoms with Gasteiger partial charge in [-0.15, -0.1) is 0 Å². The highest BCUT2D eigenvalue weighted by Crippen LogP contribution is 2.24. The maximum atomic E-state index is 10.6. The first-order valence-corrected chi connectivity index (χ1v) is 3.44. The summed E-state index contributed by atoms with van der Waals surface area (Å²) in [7, 11) is 0. The van der Waals surface area contributed by atoms with E-state index in [1.165, 1.54) is 0 Å². The van der Waals surface area contributed by atoms with Gasteiger partial charge in [-0.1, -0.05) is 6.92 Å². The van der Waals surface area contributed by atoms with Crippen molar-refractivity contribution in [3.8, 4) is 0 Å². The van der Waals surface area contributed by atoms with E-state index in [0.29, 0.717) is 6.42 Å². The standard InChI is InChI=1S/C7H15NO2/c1-4-7(3,5(2)8)6(9)10/h5H,4,8H2,1-3H3,(H,9,10). The van der Waals surface area contributed by atoms with Crippen LogP contribution in [-0.4, -0.2) is 17.1 Å². The van der Waals surface area contributed by atoms with Gasteiger partial charge in [-0.2, -0.15) is 0 Å². The third-order valence-electron chi connectivity index (χ3n) is 2.23. The second kappa shape index (κ2) is 3.01. The summed E-state index contributed by atoms with van der Waals surface area (Å²) in [5, 5.41) is 8.72. The van der Waals surface area contributed by atoms with E-state index in [0.717, 1.165) is 0 Å². The van der Waals surface area contributed by atoms with Gasteiger partial charge in [0.15, 0.2) is 0 Å². The van der Waals surface area contributed by atoms with Crippen LogP contribution in [0.1, 0.15) is 27.2 Å². The molecule has 0 amide bonds. The van der Waals surface area contributed by atoms with Crippen LogP contribution in [0.25, 0.3) is 0 Å². The van der Waals surface area contributed by atoms with Gasteiger partial charge in [-0.05, 0) is 20.3 Å². The van der Waals surface area contributed by atoms with Gasteiger partial charge in [0.25, 0.3) is 0 Å². The summed E-state index contributed by atoms with van der Waals surface area (Å²) in [6.45, 7) is 5.22. The molecule has 3 nitrogen and oxygen atoms in total. The van der Waals surface area contributed by atoms with Gasteiger partial charge in [0.2, 0.25) is 0 Å². The molecule has 0 heterocycles. The summed E-state index contributed by atoms with van der Waals surface area (Å²) in [6.07, 6.45) is 0.569. The molecule has 60 valence electrons. The summed E-state index contributed by atoms with van der Waals surface area (Å²) in [5.74, 6) is -0.815. The molecule has 0 aliphatic heterocycles. The molecule has 0 bridgehead atoms. The zero-order valence-electron chi connectivity index (χ0n) is 6.72. The first-order chi connectivity index (χ1) is 4.45. The zero-order chi connectivity index (χ0) is 8.36. The Morgan fingerprint density at radius 2 is 2.20 bits per heavy atom. The van der Waals surface area contributed by atoms with E-state index in [9.17, 15) is 4.79 Å². The molecule has 0 fully saturated rings. The van der Waals surface area contributed by atoms with Crippen LogP contribution in [0.4, 0.5) is 0 Å². The number of rotatable bonds is 3. The maximum absolute atomic E-state index is 10.6. The second-order valence-electron chi connectivity index (χ2n) is 2.86. The van der Waals surface area contributed by atoms with Crippen molar-refractivity contribution >= 4 is 5.97 Å². The molecule has 0 aromatic carbocycles. The number of aliphatic carboxylic acids is 1. The van der Waals surface area contributed by atoms with Crippen LogP contribution in [0, 0.1) is 5.41 Å². The van der Waals surface area contributed by atoms with Crippen LogP contribution < -0.4 is 5.73 Å². The lowest BCUT2D eigenvalue weighted by Gasteiger charge is -2.26. The van der Waals surface area contributed by atoms with Crippen molar-refractivity contribution < 1.29 is 9.90 Å². The molecule has 0 aliphatic carbocycles. The molecule has 0 saturated heterocycles. The van der Waals surface area contributed by atoms with Crippen molar-refractivity contribution in [1.29, 1.82) is 0 Å². The molecule has 2 atom stereocenters. The van der Waals surface area contributed by atoms with Crippen LogP contribution in [0.15, 0.2) is 0 Å². The van der Waals surface area contributed by atoms with Gasteiger partial charge in [-0.3, -0.25) is 4.79 Å². The summed E-state index contributed by atoms with van der Waals surface area (Å²) in [4.78, 5) is 10.6. The zero-order valence-corrected chi connectivity index (χ0v) is 6.72. The van der Waals surface area contributed by atoms with Crippen LogP contribution in [0.5, 0.6) is 0 Å². The molecule has 0 aromatic rings. The molecular weight excluding hydrogens is 130 g/mol. The smallest absolute Gasteiger partial charge is 0.310 e. The van der Waals surface area contributed by atoms with Gasteiger partial charge in [0.05, 0.1) is 5.41 Å². The monoisotopic (exact) mass is 145 g/mol. The third kappa shape index (κ3) is 1.48. The number of carbonyl (C=O) groups is 1. The molecule has 0 rings (SSSR count). The van der Waals surface area contributed by atoms with E-state index in [1.807, 2.05) is 6.92 Å². The molecule has 10 heavy (non-hydrogen) atoms. The lowest BCUT2D eigenvalue weighted by atomic mass is 9.81. The van der Waals surface area contributed by atoms with Crippen molar-refractivity contribution in [3.63, 3.8) is 0 Å². The molecule has 0 radical (unpaired) electrons. The quantitative estimate of drug-likeness (QED) is 0.618. The van der Waals surface area contributed by atoms with Crippen molar-refractivity contribution in [2.45, 2.75) is 33.2 Å². The Kier molecular flexibility index (Phi) is 2.84. The third-order valence-corrected chi connectivity index (χ3v) is 2.23. The highest BCUT2D eigenvalue weighted by molar-refractivity contribution is 5.74. The van der Waals surface area contributed by atoms with Gasteiger partial charge in [-0.25, -0.2) is 0 Å². The normalized spacial score (nSPS) is 19.6. The van der Waals surface area contributed by atoms with Gasteiger partial charge >= 0.3 is 5.97 Å². The van der Waals surface area contributed by atoms with E-state index in [4.69, 9.17) is 10.8 Å². The molecular formula is C7H15NO2. The van der Waals surface area contributed by atoms with Crippen LogP contribution >= 0.6 is 0 Å². The summed E-state index contributed by atoms with van der Waals surface area (Å²) in [5.41, 5.74) is 4.74. The summed E-state index contributed by atoms with van der Waals surface area (Å²) in [6, 6.07) is -0.296. The fourth-order valence-corrected chi connectivity index (χ4v) is 0.668. The number of carboxylic acid groups (broad SMARTS) is 1. The molecule has 3 heteroatoms. The maximum Gasteiger partial charge on any atom is 0.310 e. The fourth-order valence-electron chi connectivity index (χ4n) is 0.668. The van der Waals surface area contributed by atoms with Gasteiger partial charge < -0.3 is 10.8 Å². The molecule has 0 spiro atoms. The average Bonchev–Trinajstić information content (AvgIpc) is 1.85. The lowest BCUT2D eigenvalue weighted by Crippen LogP contribution is -2.42. The predicted molar refractivity (Wildman–Crippen MR) is 39.7 cm³/mol. The predicted octanol–water partition coefficient (Wildman–Crippen LogP) is 0.835. The molecule has 0 saturated carbocycles. The Morgan fingerprint density at radius 3 is 2.20 bits per heavy atom. The minimum Gasteiger partial charge on any atom is -0.481 e. The average molecular weight is 145 g/mol. The van der Waals surface area contributed by atoms with Crippen molar-refractivity contribution in [2.75, 3.05) is 0 Å². The first kappa shape index (κ1) is 9.43. The summed E-state index contributed by atoms with van der Waals surface area (Å²) < 4.78 is 0. The van der Waals surface area contributed by atoms with Crippen LogP contribution in [0.2, 0.25) is 0 Å². The number of carboxylic acids is 1. The Labute approximate surface area is 61.2 Å². The SMILES string of the molecule is CCC(C)(C(=O)O)C(C)N. The van der Waals surface area contributed by atoms with E-state index in [1.54, 1.807) is 13.8 Å². The van der Waals surface area contributed by atoms with Crippen LogP contribution in [0.3, 0.4) is 0 Å². The first-order valence-electron chi connectivity index (χ1n) is 3.44. The lowest BCUT2D eigenvalue weighted by molar-refractivity contribution is -0.149. The minimum absolute atomic E-state index is 0.296. The Morgan fingerprint density at radius 1 is 1.80 bits per heavy atom. The minimum atomic E-state index is -0.815. The Hall–Kier alpha value is -0.570. The van der Waals surface area contributed by atoms with E-state index >= 15 is 0 Å². The Bertz CT molecular complexity index is 134. The van der Waals surface area contributed by atoms with Crippen molar-refractivity contribution in [3.05, 3.63) is 0 Å². The fraction of sp³-hybridized carbons (Fsp3) is 0.857. The topological polar surface area (TPSA) is 63.3 Å². The number of hydrogen-bond donors (Lipinski definition) is 2. The molecule has 0 aliphatic rings. The van der Waals surface area contributed by atoms with Gasteiger partial charge in [0.1, 0.15) is 0 Å². The Balaban J connectivity index is 4.38. The highest BCUT2D eigenvalue weighted by Gasteiger charge is 2.34. The highest BCUT2D eigenvalue weighted by atomic mass is 16.4. The molecule has 0 aromatic heterocycles. The van der Waals surface area contributed by atoms with E-state index in [-0.39, 0.29) is 6.04 Å². The van der Waals surface area contributed by atoms with Crippen molar-refractivity contribution in [1.82, 2.24) is 0 Å². The van der Waals surface area contributed by atoms with Crippen molar-refractivity contribution in [2.24, 2.45) is 11.1 Å². The molecule has 2 unspecified atom stereocenters. The largest absolute Gasteiger partial charge is 0.481 e. The van der Waals surface area contributed by atoms with Crippen LogP contribution in [-0.2, 0) is 4.79 Å². The van der Waals surface area contributed by atoms with E-state index in [2.05, 4.69) is 0 Å². The summed E-state index contributed by atoms with van der Waals surface area (Å²) >= 11 is 0. The van der Waals surface area contributed by atoms with Gasteiger partial charge in [0, 0.05) is 6.04 Å². The van der Waals surface area contributed by atoms with E-state index < -0.39 is 11.4 Å². The number of hydrogen-bond acceptors (Lipinski definition) is 2.